The molecule has 0 amide bonds. The van der Waals surface area contributed by atoms with E-state index in [4.69, 9.17) is 20.3 Å². The maximum absolute atomic E-state index is 11.8. The van der Waals surface area contributed by atoms with Crippen LogP contribution in [0, 0.1) is 0 Å². The molecule has 1 aliphatic heterocycles. The van der Waals surface area contributed by atoms with Crippen LogP contribution >= 0.6 is 7.82 Å². The highest BCUT2D eigenvalue weighted by Gasteiger charge is 2.40. The molecule has 2 aromatic rings. The van der Waals surface area contributed by atoms with Gasteiger partial charge in [-0.15, -0.1) is 0 Å². The first-order valence-electron chi connectivity index (χ1n) is 6.79. The molecule has 1 fully saturated rings. The average Bonchev–Trinajstić information content (AvgIpc) is 3.00. The number of H-pyrrole nitrogens is 1. The van der Waals surface area contributed by atoms with Gasteiger partial charge in [-0.05, 0) is 19.8 Å². The summed E-state index contributed by atoms with van der Waals surface area (Å²) in [6.07, 6.45) is 1.99. The third kappa shape index (κ3) is 3.14. The van der Waals surface area contributed by atoms with Crippen molar-refractivity contribution in [2.75, 3.05) is 12.3 Å². The van der Waals surface area contributed by atoms with Crippen LogP contribution in [0.5, 0.6) is 0 Å². The number of phosphoric acid groups is 1. The molecule has 23 heavy (non-hydrogen) atoms. The fourth-order valence-electron chi connectivity index (χ4n) is 2.65. The van der Waals surface area contributed by atoms with Crippen LogP contribution in [0.4, 0.5) is 5.95 Å². The van der Waals surface area contributed by atoms with E-state index in [0.717, 1.165) is 0 Å². The number of ether oxygens (including phenoxy) is 1. The molecule has 3 rings (SSSR count). The van der Waals surface area contributed by atoms with Crippen LogP contribution in [0.15, 0.2) is 11.1 Å². The average molecular weight is 345 g/mol. The fraction of sp³-hybridized carbons (Fsp3) is 0.545. The van der Waals surface area contributed by atoms with E-state index in [9.17, 15) is 9.36 Å². The standard InChI is InChI=1S/C11H16N5O6P/c1-11(3-2-6(22-11)4-21-23(18,19)20)16-5-13-7-8(16)14-10(12)15-9(7)17/h5-6H,2-4H2,1H3,(H2,18,19,20)(H3,12,14,15,17)/t6-,11+/m0/s1. The summed E-state index contributed by atoms with van der Waals surface area (Å²) in [5, 5.41) is 0. The van der Waals surface area contributed by atoms with Crippen LogP contribution in [0.25, 0.3) is 11.2 Å². The van der Waals surface area contributed by atoms with E-state index in [1.165, 1.54) is 6.33 Å². The molecule has 3 heterocycles. The zero-order valence-electron chi connectivity index (χ0n) is 12.2. The lowest BCUT2D eigenvalue weighted by Crippen LogP contribution is -2.31. The molecule has 11 nitrogen and oxygen atoms in total. The molecule has 1 saturated heterocycles. The number of anilines is 1. The van der Waals surface area contributed by atoms with Crippen molar-refractivity contribution in [1.82, 2.24) is 19.5 Å². The second kappa shape index (κ2) is 5.39. The molecule has 0 radical (unpaired) electrons. The van der Waals surface area contributed by atoms with Crippen molar-refractivity contribution in [3.63, 3.8) is 0 Å². The largest absolute Gasteiger partial charge is 0.469 e. The molecule has 12 heteroatoms. The number of imidazole rings is 1. The monoisotopic (exact) mass is 345 g/mol. The lowest BCUT2D eigenvalue weighted by molar-refractivity contribution is -0.0945. The lowest BCUT2D eigenvalue weighted by Gasteiger charge is -2.26. The highest BCUT2D eigenvalue weighted by molar-refractivity contribution is 7.46. The topological polar surface area (TPSA) is 166 Å². The summed E-state index contributed by atoms with van der Waals surface area (Å²) in [5.74, 6) is -0.0350. The van der Waals surface area contributed by atoms with Gasteiger partial charge in [-0.2, -0.15) is 4.98 Å². The van der Waals surface area contributed by atoms with Crippen molar-refractivity contribution in [2.24, 2.45) is 0 Å². The fourth-order valence-corrected chi connectivity index (χ4v) is 3.01. The molecule has 5 N–H and O–H groups in total. The van der Waals surface area contributed by atoms with E-state index in [1.807, 2.05) is 0 Å². The SMILES string of the molecule is C[C@]1(n2cnc3c(=O)[nH]c(N)nc32)CC[C@@H](COP(=O)(O)O)O1. The van der Waals surface area contributed by atoms with E-state index >= 15 is 0 Å². The van der Waals surface area contributed by atoms with Gasteiger partial charge in [0.1, 0.15) is 5.72 Å². The quantitative estimate of drug-likeness (QED) is 0.542. The summed E-state index contributed by atoms with van der Waals surface area (Å²) >= 11 is 0. The molecule has 0 aromatic carbocycles. The molecule has 126 valence electrons. The second-order valence-electron chi connectivity index (χ2n) is 5.48. The first kappa shape index (κ1) is 16.1. The molecular weight excluding hydrogens is 329 g/mol. The Balaban J connectivity index is 1.87. The predicted molar refractivity (Wildman–Crippen MR) is 78.3 cm³/mol. The number of nitrogens with two attached hydrogens (primary N) is 1. The lowest BCUT2D eigenvalue weighted by atomic mass is 10.1. The van der Waals surface area contributed by atoms with Crippen LogP contribution < -0.4 is 11.3 Å². The molecular formula is C11H16N5O6P. The molecule has 2 atom stereocenters. The number of rotatable bonds is 4. The van der Waals surface area contributed by atoms with Crippen molar-refractivity contribution in [1.29, 1.82) is 0 Å². The number of hydrogen-bond donors (Lipinski definition) is 4. The number of nitrogen functional groups attached to an aromatic ring is 1. The summed E-state index contributed by atoms with van der Waals surface area (Å²) in [6.45, 7) is 1.54. The number of aromatic amines is 1. The van der Waals surface area contributed by atoms with E-state index in [2.05, 4.69) is 19.5 Å². The van der Waals surface area contributed by atoms with Gasteiger partial charge >= 0.3 is 7.82 Å². The summed E-state index contributed by atoms with van der Waals surface area (Å²) < 4.78 is 22.7. The van der Waals surface area contributed by atoms with Crippen molar-refractivity contribution in [2.45, 2.75) is 31.6 Å². The van der Waals surface area contributed by atoms with Crippen molar-refractivity contribution in [3.8, 4) is 0 Å². The Morgan fingerprint density at radius 3 is 3.09 bits per heavy atom. The summed E-state index contributed by atoms with van der Waals surface area (Å²) in [7, 11) is -4.55. The predicted octanol–water partition coefficient (Wildman–Crippen LogP) is -0.337. The van der Waals surface area contributed by atoms with Gasteiger partial charge in [0, 0.05) is 0 Å². The first-order chi connectivity index (χ1) is 10.7. The Hall–Kier alpha value is -1.78. The molecule has 0 spiro atoms. The third-order valence-electron chi connectivity index (χ3n) is 3.71. The van der Waals surface area contributed by atoms with Crippen LogP contribution in [-0.4, -0.2) is 42.0 Å². The van der Waals surface area contributed by atoms with Gasteiger partial charge in [0.05, 0.1) is 19.0 Å². The van der Waals surface area contributed by atoms with E-state index in [-0.39, 0.29) is 23.7 Å². The van der Waals surface area contributed by atoms with Crippen LogP contribution in [-0.2, 0) is 19.6 Å². The van der Waals surface area contributed by atoms with Crippen molar-refractivity contribution >= 4 is 24.9 Å². The molecule has 2 aromatic heterocycles. The Bertz CT molecular complexity index is 843. The molecule has 0 bridgehead atoms. The minimum Gasteiger partial charge on any atom is -0.369 e. The highest BCUT2D eigenvalue weighted by Crippen LogP contribution is 2.40. The zero-order chi connectivity index (χ0) is 16.8. The molecule has 1 aliphatic rings. The number of fused-ring (bicyclic) bond motifs is 1. The number of nitrogens with one attached hydrogen (secondary N) is 1. The van der Waals surface area contributed by atoms with Gasteiger partial charge in [-0.3, -0.25) is 18.9 Å². The van der Waals surface area contributed by atoms with E-state index in [1.54, 1.807) is 11.5 Å². The first-order valence-corrected chi connectivity index (χ1v) is 8.32. The van der Waals surface area contributed by atoms with Crippen molar-refractivity contribution < 1.29 is 23.6 Å². The minimum absolute atomic E-state index is 0.0350. The maximum atomic E-state index is 11.8. The molecule has 0 aliphatic carbocycles. The van der Waals surface area contributed by atoms with Gasteiger partial charge in [0.15, 0.2) is 11.2 Å². The maximum Gasteiger partial charge on any atom is 0.469 e. The van der Waals surface area contributed by atoms with Crippen LogP contribution in [0.3, 0.4) is 0 Å². The number of aromatic nitrogens is 4. The highest BCUT2D eigenvalue weighted by atomic mass is 31.2. The van der Waals surface area contributed by atoms with Gasteiger partial charge in [-0.25, -0.2) is 9.55 Å². The smallest absolute Gasteiger partial charge is 0.369 e. The van der Waals surface area contributed by atoms with Crippen molar-refractivity contribution in [3.05, 3.63) is 16.7 Å². The Kier molecular flexibility index (Phi) is 3.77. The number of nitrogens with zero attached hydrogens (tertiary/aromatic N) is 3. The normalized spacial score (nSPS) is 25.3. The number of hydrogen-bond acceptors (Lipinski definition) is 7. The third-order valence-corrected chi connectivity index (χ3v) is 4.20. The van der Waals surface area contributed by atoms with Gasteiger partial charge in [0.2, 0.25) is 5.95 Å². The second-order valence-corrected chi connectivity index (χ2v) is 6.72. The Morgan fingerprint density at radius 2 is 2.39 bits per heavy atom. The molecule has 0 saturated carbocycles. The number of phosphoric ester groups is 1. The van der Waals surface area contributed by atoms with E-state index in [0.29, 0.717) is 12.8 Å². The van der Waals surface area contributed by atoms with Gasteiger partial charge in [0.25, 0.3) is 5.56 Å². The summed E-state index contributed by atoms with van der Waals surface area (Å²) in [4.78, 5) is 39.8. The van der Waals surface area contributed by atoms with E-state index < -0.39 is 25.2 Å². The summed E-state index contributed by atoms with van der Waals surface area (Å²) in [5.41, 5.74) is 4.66. The summed E-state index contributed by atoms with van der Waals surface area (Å²) in [6, 6.07) is 0. The Labute approximate surface area is 129 Å². The van der Waals surface area contributed by atoms with Gasteiger partial charge in [-0.1, -0.05) is 0 Å². The molecule has 0 unspecified atom stereocenters. The Morgan fingerprint density at radius 1 is 1.65 bits per heavy atom. The van der Waals surface area contributed by atoms with Gasteiger partial charge < -0.3 is 20.3 Å². The zero-order valence-corrected chi connectivity index (χ0v) is 13.1. The van der Waals surface area contributed by atoms with Crippen LogP contribution in [0.1, 0.15) is 19.8 Å². The van der Waals surface area contributed by atoms with Crippen LogP contribution in [0.2, 0.25) is 0 Å². The minimum atomic E-state index is -4.55.